The Morgan fingerprint density at radius 1 is 1.26 bits per heavy atom. The molecule has 1 saturated heterocycles. The van der Waals surface area contributed by atoms with E-state index in [1.54, 1.807) is 6.33 Å². The lowest BCUT2D eigenvalue weighted by molar-refractivity contribution is 0.256. The minimum atomic E-state index is 0.339. The molecular weight excluding hydrogens is 412 g/mol. The zero-order valence-electron chi connectivity index (χ0n) is 18.3. The van der Waals surface area contributed by atoms with E-state index in [1.807, 2.05) is 16.8 Å². The first-order valence-electron chi connectivity index (χ1n) is 11.4. The molecular formula is C22H33ClN8. The van der Waals surface area contributed by atoms with Crippen LogP contribution in [0.3, 0.4) is 0 Å². The van der Waals surface area contributed by atoms with Crippen molar-refractivity contribution in [3.63, 3.8) is 0 Å². The highest BCUT2D eigenvalue weighted by atomic mass is 35.5. The maximum atomic E-state index is 6.14. The van der Waals surface area contributed by atoms with Gasteiger partial charge in [0.25, 0.3) is 0 Å². The van der Waals surface area contributed by atoms with Crippen LogP contribution < -0.4 is 15.5 Å². The van der Waals surface area contributed by atoms with Crippen molar-refractivity contribution in [2.45, 2.75) is 38.8 Å². The third-order valence-corrected chi connectivity index (χ3v) is 6.17. The highest BCUT2D eigenvalue weighted by molar-refractivity contribution is 6.30. The number of aryl methyl sites for hydroxylation is 1. The molecule has 2 aliphatic rings. The van der Waals surface area contributed by atoms with Crippen LogP contribution in [-0.2, 0) is 13.0 Å². The maximum absolute atomic E-state index is 6.14. The lowest BCUT2D eigenvalue weighted by atomic mass is 10.1. The minimum absolute atomic E-state index is 0.339. The lowest BCUT2D eigenvalue weighted by Crippen LogP contribution is -2.47. The second-order valence-corrected chi connectivity index (χ2v) is 8.60. The van der Waals surface area contributed by atoms with E-state index in [0.29, 0.717) is 6.04 Å². The Morgan fingerprint density at radius 2 is 2.13 bits per heavy atom. The summed E-state index contributed by atoms with van der Waals surface area (Å²) >= 11 is 6.14. The molecule has 0 amide bonds. The highest BCUT2D eigenvalue weighted by Crippen LogP contribution is 2.20. The SMILES string of the molecule is CCNC(=NCCCN1CCN(c2cccc(Cl)c2)CC1)NC1CCc2ncnn2C1. The van der Waals surface area contributed by atoms with Gasteiger partial charge in [-0.25, -0.2) is 9.67 Å². The Balaban J connectivity index is 1.19. The van der Waals surface area contributed by atoms with E-state index >= 15 is 0 Å². The van der Waals surface area contributed by atoms with Crippen molar-refractivity contribution in [1.82, 2.24) is 30.3 Å². The molecule has 168 valence electrons. The Hall–Kier alpha value is -2.32. The highest BCUT2D eigenvalue weighted by Gasteiger charge is 2.20. The fourth-order valence-electron chi connectivity index (χ4n) is 4.26. The molecule has 8 nitrogen and oxygen atoms in total. The number of hydrogen-bond donors (Lipinski definition) is 2. The van der Waals surface area contributed by atoms with Gasteiger partial charge in [0.05, 0.1) is 6.54 Å². The van der Waals surface area contributed by atoms with Crippen molar-refractivity contribution >= 4 is 23.2 Å². The summed E-state index contributed by atoms with van der Waals surface area (Å²) < 4.78 is 1.99. The molecule has 0 spiro atoms. The lowest BCUT2D eigenvalue weighted by Gasteiger charge is -2.36. The number of rotatable bonds is 7. The van der Waals surface area contributed by atoms with Crippen molar-refractivity contribution in [1.29, 1.82) is 0 Å². The zero-order valence-corrected chi connectivity index (χ0v) is 19.1. The van der Waals surface area contributed by atoms with Gasteiger partial charge in [0.1, 0.15) is 12.2 Å². The maximum Gasteiger partial charge on any atom is 0.191 e. The summed E-state index contributed by atoms with van der Waals surface area (Å²) in [4.78, 5) is 14.1. The number of fused-ring (bicyclic) bond motifs is 1. The standard InChI is InChI=1S/C22H33ClN8/c1-2-24-22(28-19-7-8-21-26-17-27-31(21)16-19)25-9-4-10-29-11-13-30(14-12-29)20-6-3-5-18(23)15-20/h3,5-6,15,17,19H,2,4,7-14,16H2,1H3,(H2,24,25,28). The first kappa shape index (κ1) is 21.9. The van der Waals surface area contributed by atoms with Crippen LogP contribution in [0, 0.1) is 0 Å². The van der Waals surface area contributed by atoms with E-state index in [2.05, 4.69) is 49.6 Å². The number of anilines is 1. The number of benzene rings is 1. The van der Waals surface area contributed by atoms with Crippen LogP contribution in [-0.4, -0.2) is 77.5 Å². The second kappa shape index (κ2) is 10.8. The van der Waals surface area contributed by atoms with Gasteiger partial charge in [-0.3, -0.25) is 9.89 Å². The predicted molar refractivity (Wildman–Crippen MR) is 126 cm³/mol. The number of aromatic nitrogens is 3. The molecule has 9 heteroatoms. The first-order valence-corrected chi connectivity index (χ1v) is 11.7. The fraction of sp³-hybridized carbons (Fsp3) is 0.591. The molecule has 1 unspecified atom stereocenters. The van der Waals surface area contributed by atoms with E-state index < -0.39 is 0 Å². The van der Waals surface area contributed by atoms with Gasteiger partial charge in [0, 0.05) is 69.0 Å². The van der Waals surface area contributed by atoms with Gasteiger partial charge < -0.3 is 15.5 Å². The van der Waals surface area contributed by atoms with E-state index in [9.17, 15) is 0 Å². The average molecular weight is 445 g/mol. The third-order valence-electron chi connectivity index (χ3n) is 5.94. The molecule has 3 heterocycles. The van der Waals surface area contributed by atoms with Crippen molar-refractivity contribution in [3.05, 3.63) is 41.4 Å². The van der Waals surface area contributed by atoms with Crippen LogP contribution in [0.15, 0.2) is 35.6 Å². The van der Waals surface area contributed by atoms with Gasteiger partial charge >= 0.3 is 0 Å². The molecule has 1 aromatic heterocycles. The molecule has 31 heavy (non-hydrogen) atoms. The van der Waals surface area contributed by atoms with Crippen LogP contribution >= 0.6 is 11.6 Å². The van der Waals surface area contributed by atoms with Crippen molar-refractivity contribution in [2.75, 3.05) is 50.7 Å². The Kier molecular flexibility index (Phi) is 7.64. The summed E-state index contributed by atoms with van der Waals surface area (Å²) in [5.41, 5.74) is 1.22. The monoisotopic (exact) mass is 444 g/mol. The molecule has 0 bridgehead atoms. The first-order chi connectivity index (χ1) is 15.2. The second-order valence-electron chi connectivity index (χ2n) is 8.16. The fourth-order valence-corrected chi connectivity index (χ4v) is 4.44. The molecule has 1 fully saturated rings. The van der Waals surface area contributed by atoms with Crippen molar-refractivity contribution in [2.24, 2.45) is 4.99 Å². The Bertz CT molecular complexity index is 859. The molecule has 2 aliphatic heterocycles. The topological polar surface area (TPSA) is 73.6 Å². The van der Waals surface area contributed by atoms with Gasteiger partial charge in [-0.15, -0.1) is 0 Å². The van der Waals surface area contributed by atoms with Crippen LogP contribution in [0.2, 0.25) is 5.02 Å². The summed E-state index contributed by atoms with van der Waals surface area (Å²) in [5, 5.41) is 12.1. The quantitative estimate of drug-likeness (QED) is 0.386. The summed E-state index contributed by atoms with van der Waals surface area (Å²) in [5.74, 6) is 1.98. The van der Waals surface area contributed by atoms with E-state index in [4.69, 9.17) is 16.6 Å². The molecule has 0 radical (unpaired) electrons. The van der Waals surface area contributed by atoms with Crippen molar-refractivity contribution in [3.8, 4) is 0 Å². The van der Waals surface area contributed by atoms with Gasteiger partial charge in [0.15, 0.2) is 5.96 Å². The summed E-state index contributed by atoms with van der Waals surface area (Å²) in [6.45, 7) is 9.96. The minimum Gasteiger partial charge on any atom is -0.369 e. The smallest absolute Gasteiger partial charge is 0.191 e. The Morgan fingerprint density at radius 3 is 2.94 bits per heavy atom. The third kappa shape index (κ3) is 6.11. The van der Waals surface area contributed by atoms with Crippen LogP contribution in [0.1, 0.15) is 25.6 Å². The van der Waals surface area contributed by atoms with Gasteiger partial charge in [-0.05, 0) is 38.0 Å². The molecule has 2 N–H and O–H groups in total. The van der Waals surface area contributed by atoms with E-state index in [0.717, 1.165) is 88.4 Å². The molecule has 2 aromatic rings. The van der Waals surface area contributed by atoms with Crippen LogP contribution in [0.4, 0.5) is 5.69 Å². The van der Waals surface area contributed by atoms with Crippen LogP contribution in [0.25, 0.3) is 0 Å². The molecule has 4 rings (SSSR count). The molecule has 1 aromatic carbocycles. The molecule has 1 atom stereocenters. The van der Waals surface area contributed by atoms with Crippen molar-refractivity contribution < 1.29 is 0 Å². The van der Waals surface area contributed by atoms with Gasteiger partial charge in [0.2, 0.25) is 0 Å². The normalized spacial score (nSPS) is 19.9. The number of nitrogens with one attached hydrogen (secondary N) is 2. The molecule has 0 saturated carbocycles. The summed E-state index contributed by atoms with van der Waals surface area (Å²) in [6, 6.07) is 8.49. The van der Waals surface area contributed by atoms with Gasteiger partial charge in [-0.1, -0.05) is 17.7 Å². The number of guanidine groups is 1. The summed E-state index contributed by atoms with van der Waals surface area (Å²) in [7, 11) is 0. The number of halogens is 1. The number of nitrogens with zero attached hydrogens (tertiary/aromatic N) is 6. The number of piperazine rings is 1. The largest absolute Gasteiger partial charge is 0.369 e. The summed E-state index contributed by atoms with van der Waals surface area (Å²) in [6.07, 6.45) is 4.72. The molecule has 0 aliphatic carbocycles. The average Bonchev–Trinajstić information content (AvgIpc) is 3.25. The predicted octanol–water partition coefficient (Wildman–Crippen LogP) is 2.01. The zero-order chi connectivity index (χ0) is 21.5. The number of hydrogen-bond acceptors (Lipinski definition) is 5. The number of aliphatic imine (C=N–C) groups is 1. The van der Waals surface area contributed by atoms with E-state index in [-0.39, 0.29) is 0 Å². The Labute approximate surface area is 189 Å². The van der Waals surface area contributed by atoms with Crippen LogP contribution in [0.5, 0.6) is 0 Å². The van der Waals surface area contributed by atoms with Gasteiger partial charge in [-0.2, -0.15) is 5.10 Å². The van der Waals surface area contributed by atoms with E-state index in [1.165, 1.54) is 5.69 Å².